The van der Waals surface area contributed by atoms with Crippen LogP contribution in [0, 0.1) is 32.5 Å². The van der Waals surface area contributed by atoms with E-state index in [4.69, 9.17) is 0 Å². The van der Waals surface area contributed by atoms with Gasteiger partial charge < -0.3 is 15.2 Å². The number of nitrogens with one attached hydrogen (secondary N) is 2. The molecule has 0 saturated carbocycles. The Morgan fingerprint density at radius 2 is 1.91 bits per heavy atom. The minimum atomic E-state index is -0.691. The normalized spacial score (nSPS) is 11.7. The zero-order valence-corrected chi connectivity index (χ0v) is 19.5. The van der Waals surface area contributed by atoms with E-state index in [1.54, 1.807) is 32.4 Å². The van der Waals surface area contributed by atoms with E-state index in [1.807, 2.05) is 6.08 Å². The lowest BCUT2D eigenvalue weighted by molar-refractivity contribution is -0.117. The van der Waals surface area contributed by atoms with Crippen molar-refractivity contribution >= 4 is 23.3 Å². The van der Waals surface area contributed by atoms with Gasteiger partial charge in [-0.3, -0.25) is 14.4 Å². The number of allylic oxidation sites excluding steroid dienone is 1. The highest BCUT2D eigenvalue weighted by Crippen LogP contribution is 2.24. The van der Waals surface area contributed by atoms with Crippen LogP contribution in [-0.2, 0) is 11.8 Å². The van der Waals surface area contributed by atoms with Crippen molar-refractivity contribution in [2.75, 3.05) is 11.9 Å². The molecule has 0 radical (unpaired) electrons. The lowest BCUT2D eigenvalue weighted by Crippen LogP contribution is -2.34. The number of amides is 2. The highest BCUT2D eigenvalue weighted by molar-refractivity contribution is 6.43. The fourth-order valence-electron chi connectivity index (χ4n) is 3.85. The molecule has 0 fully saturated rings. The number of Topliss-reactive ketones (excluding diaryl/α,β-unsaturated/α-hetero) is 1. The van der Waals surface area contributed by atoms with Crippen LogP contribution in [0.4, 0.5) is 10.1 Å². The number of halogens is 1. The summed E-state index contributed by atoms with van der Waals surface area (Å²) in [7, 11) is 1.65. The molecular formula is C25H32FN3O3. The number of carbonyl (C=O) groups is 3. The van der Waals surface area contributed by atoms with E-state index in [0.29, 0.717) is 40.5 Å². The molecule has 2 aromatic rings. The van der Waals surface area contributed by atoms with Crippen LogP contribution >= 0.6 is 0 Å². The zero-order valence-electron chi connectivity index (χ0n) is 19.5. The van der Waals surface area contributed by atoms with Crippen LogP contribution in [0.25, 0.3) is 0 Å². The first-order valence-corrected chi connectivity index (χ1v) is 10.8. The van der Waals surface area contributed by atoms with Gasteiger partial charge in [0.25, 0.3) is 17.6 Å². The van der Waals surface area contributed by atoms with E-state index < -0.39 is 17.6 Å². The number of anilines is 1. The van der Waals surface area contributed by atoms with Gasteiger partial charge in [-0.05, 0) is 68.9 Å². The Labute approximate surface area is 188 Å². The van der Waals surface area contributed by atoms with Crippen molar-refractivity contribution in [3.63, 3.8) is 0 Å². The minimum absolute atomic E-state index is 0.179. The Balaban J connectivity index is 2.18. The Kier molecular flexibility index (Phi) is 8.52. The minimum Gasteiger partial charge on any atom is -0.349 e. The number of aryl methyl sites for hydroxylation is 1. The summed E-state index contributed by atoms with van der Waals surface area (Å²) in [6.07, 6.45) is 4.45. The molecule has 172 valence electrons. The monoisotopic (exact) mass is 441 g/mol. The second-order valence-electron chi connectivity index (χ2n) is 8.08. The van der Waals surface area contributed by atoms with Crippen LogP contribution in [0.1, 0.15) is 63.9 Å². The van der Waals surface area contributed by atoms with Gasteiger partial charge in [0.1, 0.15) is 5.82 Å². The van der Waals surface area contributed by atoms with Crippen LogP contribution in [0.5, 0.6) is 0 Å². The molecule has 1 aromatic carbocycles. The molecule has 0 bridgehead atoms. The SMILES string of the molecule is C=CCC(CC)CCNC(=O)C(=O)c1c(C)c(C(=O)Nc2ccc(F)c(C)c2)c(C)n1C. The summed E-state index contributed by atoms with van der Waals surface area (Å²) in [6, 6.07) is 4.30. The summed E-state index contributed by atoms with van der Waals surface area (Å²) in [6.45, 7) is 11.2. The van der Waals surface area contributed by atoms with Crippen molar-refractivity contribution in [2.45, 2.75) is 47.0 Å². The zero-order chi connectivity index (χ0) is 24.0. The number of hydrogen-bond acceptors (Lipinski definition) is 3. The molecule has 7 heteroatoms. The van der Waals surface area contributed by atoms with E-state index in [0.717, 1.165) is 19.3 Å². The highest BCUT2D eigenvalue weighted by Gasteiger charge is 2.28. The van der Waals surface area contributed by atoms with Gasteiger partial charge in [-0.1, -0.05) is 19.4 Å². The van der Waals surface area contributed by atoms with Crippen LogP contribution in [0.3, 0.4) is 0 Å². The maximum Gasteiger partial charge on any atom is 0.294 e. The van der Waals surface area contributed by atoms with E-state index in [1.165, 1.54) is 18.2 Å². The topological polar surface area (TPSA) is 80.2 Å². The van der Waals surface area contributed by atoms with E-state index in [2.05, 4.69) is 24.1 Å². The first-order valence-electron chi connectivity index (χ1n) is 10.8. The van der Waals surface area contributed by atoms with Crippen molar-refractivity contribution in [3.05, 3.63) is 64.7 Å². The lowest BCUT2D eigenvalue weighted by atomic mass is 9.98. The van der Waals surface area contributed by atoms with Gasteiger partial charge in [-0.25, -0.2) is 4.39 Å². The summed E-state index contributed by atoms with van der Waals surface area (Å²) in [5, 5.41) is 5.44. The fraction of sp³-hybridized carbons (Fsp3) is 0.400. The quantitative estimate of drug-likeness (QED) is 0.320. The number of carbonyl (C=O) groups excluding carboxylic acids is 3. The smallest absolute Gasteiger partial charge is 0.294 e. The first-order chi connectivity index (χ1) is 15.1. The molecule has 0 saturated heterocycles. The summed E-state index contributed by atoms with van der Waals surface area (Å²) < 4.78 is 15.1. The average molecular weight is 442 g/mol. The summed E-state index contributed by atoms with van der Waals surface area (Å²) >= 11 is 0. The van der Waals surface area contributed by atoms with Gasteiger partial charge in [-0.2, -0.15) is 0 Å². The van der Waals surface area contributed by atoms with Crippen molar-refractivity contribution in [1.82, 2.24) is 9.88 Å². The molecule has 1 aromatic heterocycles. The van der Waals surface area contributed by atoms with Crippen molar-refractivity contribution in [2.24, 2.45) is 13.0 Å². The Morgan fingerprint density at radius 1 is 1.22 bits per heavy atom. The molecule has 2 amide bonds. The standard InChI is InChI=1S/C25H32FN3O3/c1-7-9-18(8-2)12-13-27-25(32)23(30)22-16(4)21(17(5)29(22)6)24(31)28-19-10-11-20(26)15(3)14-19/h7,10-11,14,18H,1,8-9,12-13H2,2-6H3,(H,27,32)(H,28,31). The predicted octanol–water partition coefficient (Wildman–Crippen LogP) is 4.63. The molecular weight excluding hydrogens is 409 g/mol. The Hall–Kier alpha value is -3.22. The summed E-state index contributed by atoms with van der Waals surface area (Å²) in [4.78, 5) is 38.3. The third-order valence-corrected chi connectivity index (χ3v) is 5.91. The third-order valence-electron chi connectivity index (χ3n) is 5.91. The average Bonchev–Trinajstić information content (AvgIpc) is 2.97. The fourth-order valence-corrected chi connectivity index (χ4v) is 3.85. The van der Waals surface area contributed by atoms with Crippen LogP contribution in [-0.4, -0.2) is 28.7 Å². The number of rotatable bonds is 10. The number of nitrogens with zero attached hydrogens (tertiary/aromatic N) is 1. The van der Waals surface area contributed by atoms with Gasteiger partial charge in [0.2, 0.25) is 0 Å². The molecule has 1 unspecified atom stereocenters. The molecule has 0 spiro atoms. The number of aromatic nitrogens is 1. The molecule has 1 heterocycles. The molecule has 32 heavy (non-hydrogen) atoms. The van der Waals surface area contributed by atoms with Gasteiger partial charge >= 0.3 is 0 Å². The first kappa shape index (κ1) is 25.0. The lowest BCUT2D eigenvalue weighted by Gasteiger charge is -2.13. The van der Waals surface area contributed by atoms with Gasteiger partial charge in [0, 0.05) is 25.0 Å². The van der Waals surface area contributed by atoms with Gasteiger partial charge in [0.05, 0.1) is 11.3 Å². The molecule has 6 nitrogen and oxygen atoms in total. The molecule has 1 atom stereocenters. The molecule has 2 rings (SSSR count). The highest BCUT2D eigenvalue weighted by atomic mass is 19.1. The van der Waals surface area contributed by atoms with Gasteiger partial charge in [0.15, 0.2) is 0 Å². The number of ketones is 1. The van der Waals surface area contributed by atoms with E-state index in [-0.39, 0.29) is 11.5 Å². The largest absolute Gasteiger partial charge is 0.349 e. The second-order valence-corrected chi connectivity index (χ2v) is 8.08. The molecule has 0 aliphatic carbocycles. The second kappa shape index (κ2) is 10.9. The number of benzene rings is 1. The maximum absolute atomic E-state index is 13.5. The summed E-state index contributed by atoms with van der Waals surface area (Å²) in [5.41, 5.74) is 2.36. The molecule has 0 aliphatic rings. The van der Waals surface area contributed by atoms with E-state index in [9.17, 15) is 18.8 Å². The predicted molar refractivity (Wildman–Crippen MR) is 125 cm³/mol. The number of hydrogen-bond donors (Lipinski definition) is 2. The van der Waals surface area contributed by atoms with Gasteiger partial charge in [-0.15, -0.1) is 6.58 Å². The molecule has 0 aliphatic heterocycles. The maximum atomic E-state index is 13.5. The summed E-state index contributed by atoms with van der Waals surface area (Å²) in [5.74, 6) is -1.74. The van der Waals surface area contributed by atoms with E-state index >= 15 is 0 Å². The van der Waals surface area contributed by atoms with Crippen molar-refractivity contribution < 1.29 is 18.8 Å². The van der Waals surface area contributed by atoms with Crippen LogP contribution in [0.2, 0.25) is 0 Å². The van der Waals surface area contributed by atoms with Crippen molar-refractivity contribution in [3.8, 4) is 0 Å². The van der Waals surface area contributed by atoms with Crippen molar-refractivity contribution in [1.29, 1.82) is 0 Å². The Morgan fingerprint density at radius 3 is 2.50 bits per heavy atom. The Bertz CT molecular complexity index is 1040. The molecule has 2 N–H and O–H groups in total. The van der Waals surface area contributed by atoms with Crippen LogP contribution < -0.4 is 10.6 Å². The third kappa shape index (κ3) is 5.52. The van der Waals surface area contributed by atoms with Crippen LogP contribution in [0.15, 0.2) is 30.9 Å².